The summed E-state index contributed by atoms with van der Waals surface area (Å²) in [5, 5.41) is 0. The Bertz CT molecular complexity index is 784. The highest BCUT2D eigenvalue weighted by Crippen LogP contribution is 2.32. The minimum Gasteiger partial charge on any atom is -0.494 e. The third-order valence-corrected chi connectivity index (χ3v) is 4.65. The van der Waals surface area contributed by atoms with Crippen LogP contribution in [-0.4, -0.2) is 45.7 Å². The van der Waals surface area contributed by atoms with Crippen molar-refractivity contribution in [2.24, 2.45) is 5.41 Å². The van der Waals surface area contributed by atoms with Crippen LogP contribution in [0.4, 0.5) is 0 Å². The predicted molar refractivity (Wildman–Crippen MR) is 115 cm³/mol. The van der Waals surface area contributed by atoms with Gasteiger partial charge in [0.25, 0.3) is 0 Å². The summed E-state index contributed by atoms with van der Waals surface area (Å²) in [6.45, 7) is 4.00. The molecule has 2 aromatic rings. The van der Waals surface area contributed by atoms with Gasteiger partial charge in [-0.1, -0.05) is 30.3 Å². The van der Waals surface area contributed by atoms with Crippen molar-refractivity contribution in [1.29, 1.82) is 0 Å². The van der Waals surface area contributed by atoms with E-state index in [1.165, 1.54) is 0 Å². The van der Waals surface area contributed by atoms with Crippen LogP contribution in [-0.2, 0) is 30.2 Å². The molecule has 0 saturated heterocycles. The molecule has 0 aliphatic carbocycles. The number of para-hydroxylation sites is 1. The number of carbonyl (C=O) groups is 2. The average Bonchev–Trinajstić information content (AvgIpc) is 2.79. The molecule has 0 unspecified atom stereocenters. The molecule has 7 nitrogen and oxygen atoms in total. The van der Waals surface area contributed by atoms with Gasteiger partial charge in [-0.25, -0.2) is 0 Å². The first-order valence-electron chi connectivity index (χ1n) is 10.3. The van der Waals surface area contributed by atoms with Crippen LogP contribution >= 0.6 is 0 Å². The van der Waals surface area contributed by atoms with Gasteiger partial charge in [-0.2, -0.15) is 0 Å². The van der Waals surface area contributed by atoms with Crippen molar-refractivity contribution in [3.63, 3.8) is 0 Å². The number of hydrogen-bond acceptors (Lipinski definition) is 7. The quantitative estimate of drug-likeness (QED) is 0.272. The number of esters is 2. The van der Waals surface area contributed by atoms with Gasteiger partial charge in [-0.05, 0) is 50.1 Å². The van der Waals surface area contributed by atoms with E-state index in [0.717, 1.165) is 5.56 Å². The van der Waals surface area contributed by atoms with Crippen molar-refractivity contribution in [2.45, 2.75) is 26.7 Å². The lowest BCUT2D eigenvalue weighted by molar-refractivity contribution is -0.173. The van der Waals surface area contributed by atoms with Crippen molar-refractivity contribution >= 4 is 11.9 Å². The molecule has 168 valence electrons. The summed E-state index contributed by atoms with van der Waals surface area (Å²) in [5.74, 6) is 0.0364. The first kappa shape index (κ1) is 24.2. The van der Waals surface area contributed by atoms with E-state index in [4.69, 9.17) is 23.7 Å². The lowest BCUT2D eigenvalue weighted by atomic mass is 9.78. The molecule has 7 heteroatoms. The molecular formula is C24H30O7. The van der Waals surface area contributed by atoms with Crippen LogP contribution in [0.3, 0.4) is 0 Å². The van der Waals surface area contributed by atoms with E-state index in [0.29, 0.717) is 11.5 Å². The third-order valence-electron chi connectivity index (χ3n) is 4.65. The molecular weight excluding hydrogens is 400 g/mol. The molecule has 0 saturated carbocycles. The second-order valence-electron chi connectivity index (χ2n) is 6.81. The predicted octanol–water partition coefficient (Wildman–Crippen LogP) is 3.79. The second-order valence-corrected chi connectivity index (χ2v) is 6.81. The average molecular weight is 430 g/mol. The van der Waals surface area contributed by atoms with Crippen LogP contribution in [0.5, 0.6) is 11.5 Å². The summed E-state index contributed by atoms with van der Waals surface area (Å²) in [5.41, 5.74) is -0.749. The molecule has 0 radical (unpaired) electrons. The first-order chi connectivity index (χ1) is 15.1. The van der Waals surface area contributed by atoms with Gasteiger partial charge < -0.3 is 23.7 Å². The number of methoxy groups -OCH3 is 1. The summed E-state index contributed by atoms with van der Waals surface area (Å²) < 4.78 is 26.6. The van der Waals surface area contributed by atoms with Crippen molar-refractivity contribution < 1.29 is 33.3 Å². The molecule has 2 aromatic carbocycles. The highest BCUT2D eigenvalue weighted by atomic mass is 16.7. The Morgan fingerprint density at radius 1 is 0.806 bits per heavy atom. The first-order valence-corrected chi connectivity index (χ1v) is 10.3. The maximum atomic E-state index is 13.0. The summed E-state index contributed by atoms with van der Waals surface area (Å²) >= 11 is 0. The number of benzene rings is 2. The molecule has 0 atom stereocenters. The Balaban J connectivity index is 2.26. The van der Waals surface area contributed by atoms with Crippen LogP contribution in [0.25, 0.3) is 0 Å². The number of carbonyl (C=O) groups excluding carboxylic acids is 2. The molecule has 2 rings (SSSR count). The molecule has 0 aromatic heterocycles. The van der Waals surface area contributed by atoms with Crippen molar-refractivity contribution in [3.05, 3.63) is 60.2 Å². The highest BCUT2D eigenvalue weighted by Gasteiger charge is 2.49. The summed E-state index contributed by atoms with van der Waals surface area (Å²) in [6, 6.07) is 16.3. The zero-order chi connectivity index (χ0) is 22.5. The van der Waals surface area contributed by atoms with Crippen molar-refractivity contribution in [2.75, 3.05) is 33.7 Å². The topological polar surface area (TPSA) is 80.3 Å². The van der Waals surface area contributed by atoms with Gasteiger partial charge in [0.2, 0.25) is 0 Å². The van der Waals surface area contributed by atoms with Crippen LogP contribution in [0, 0.1) is 5.41 Å². The molecule has 0 aliphatic heterocycles. The van der Waals surface area contributed by atoms with E-state index in [1.54, 1.807) is 45.2 Å². The van der Waals surface area contributed by atoms with Gasteiger partial charge >= 0.3 is 11.9 Å². The van der Waals surface area contributed by atoms with E-state index in [1.807, 2.05) is 30.3 Å². The number of hydrogen-bond donors (Lipinski definition) is 0. The summed E-state index contributed by atoms with van der Waals surface area (Å²) in [6.07, 6.45) is 0.231. The summed E-state index contributed by atoms with van der Waals surface area (Å²) in [4.78, 5) is 26.0. The van der Waals surface area contributed by atoms with Gasteiger partial charge in [0.15, 0.2) is 12.2 Å². The smallest absolute Gasteiger partial charge is 0.323 e. The minimum absolute atomic E-state index is 0.113. The fourth-order valence-corrected chi connectivity index (χ4v) is 3.10. The molecule has 31 heavy (non-hydrogen) atoms. The zero-order valence-corrected chi connectivity index (χ0v) is 18.3. The normalized spacial score (nSPS) is 10.9. The second kappa shape index (κ2) is 12.6. The van der Waals surface area contributed by atoms with Gasteiger partial charge in [-0.3, -0.25) is 9.59 Å². The fourth-order valence-electron chi connectivity index (χ4n) is 3.10. The Hall–Kier alpha value is -3.06. The van der Waals surface area contributed by atoms with Gasteiger partial charge in [0.05, 0.1) is 19.8 Å². The van der Waals surface area contributed by atoms with Gasteiger partial charge in [-0.15, -0.1) is 0 Å². The van der Waals surface area contributed by atoms with Crippen LogP contribution < -0.4 is 9.47 Å². The van der Waals surface area contributed by atoms with E-state index >= 15 is 0 Å². The minimum atomic E-state index is -1.52. The molecule has 0 aliphatic rings. The highest BCUT2D eigenvalue weighted by molar-refractivity contribution is 6.00. The molecule has 0 fully saturated rings. The zero-order valence-electron chi connectivity index (χ0n) is 18.3. The van der Waals surface area contributed by atoms with Gasteiger partial charge in [0, 0.05) is 13.5 Å². The van der Waals surface area contributed by atoms with E-state index in [2.05, 4.69) is 0 Å². The number of rotatable bonds is 13. The molecule has 0 bridgehead atoms. The Morgan fingerprint density at radius 2 is 1.39 bits per heavy atom. The molecule has 0 amide bonds. The van der Waals surface area contributed by atoms with E-state index in [9.17, 15) is 9.59 Å². The lowest BCUT2D eigenvalue weighted by Crippen LogP contribution is -2.45. The van der Waals surface area contributed by atoms with Gasteiger partial charge in [0.1, 0.15) is 11.5 Å². The lowest BCUT2D eigenvalue weighted by Gasteiger charge is -2.29. The maximum Gasteiger partial charge on any atom is 0.323 e. The monoisotopic (exact) mass is 430 g/mol. The van der Waals surface area contributed by atoms with Crippen LogP contribution in [0.15, 0.2) is 54.6 Å². The molecule has 0 N–H and O–H groups in total. The fraction of sp³-hybridized carbons (Fsp3) is 0.417. The number of ether oxygens (including phenoxy) is 5. The Kier molecular flexibility index (Phi) is 9.84. The Morgan fingerprint density at radius 3 is 1.94 bits per heavy atom. The van der Waals surface area contributed by atoms with Crippen molar-refractivity contribution in [1.82, 2.24) is 0 Å². The maximum absolute atomic E-state index is 13.0. The van der Waals surface area contributed by atoms with Crippen LogP contribution in [0.1, 0.15) is 25.8 Å². The SMILES string of the molecule is CCOC(=O)C(CCOc1ccccc1)(Cc1ccc(OCOC)cc1)C(=O)OCC. The standard InChI is InChI=1S/C24H30O7/c1-4-28-22(25)24(23(26)29-5-2,15-16-30-20-9-7-6-8-10-20)17-19-11-13-21(14-12-19)31-18-27-3/h6-14H,4-5,15-18H2,1-3H3. The molecule has 0 spiro atoms. The Labute approximate surface area is 183 Å². The largest absolute Gasteiger partial charge is 0.494 e. The molecule has 0 heterocycles. The summed E-state index contributed by atoms with van der Waals surface area (Å²) in [7, 11) is 1.54. The van der Waals surface area contributed by atoms with Crippen molar-refractivity contribution in [3.8, 4) is 11.5 Å². The third kappa shape index (κ3) is 7.00. The van der Waals surface area contributed by atoms with E-state index < -0.39 is 17.4 Å². The van der Waals surface area contributed by atoms with Crippen LogP contribution in [0.2, 0.25) is 0 Å². The van der Waals surface area contributed by atoms with E-state index in [-0.39, 0.29) is 39.5 Å².